The van der Waals surface area contributed by atoms with Crippen LogP contribution in [0.15, 0.2) is 67.0 Å². The van der Waals surface area contributed by atoms with Crippen LogP contribution in [0.25, 0.3) is 0 Å². The summed E-state index contributed by atoms with van der Waals surface area (Å²) in [6.45, 7) is 5.60. The van der Waals surface area contributed by atoms with Gasteiger partial charge in [0.25, 0.3) is 5.91 Å². The Kier molecular flexibility index (Phi) is 9.96. The van der Waals surface area contributed by atoms with Crippen LogP contribution in [-0.4, -0.2) is 64.7 Å². The Morgan fingerprint density at radius 3 is 2.02 bits per heavy atom. The minimum absolute atomic E-state index is 0.0461. The lowest BCUT2D eigenvalue weighted by Gasteiger charge is -2.44. The summed E-state index contributed by atoms with van der Waals surface area (Å²) < 4.78 is 82.1. The van der Waals surface area contributed by atoms with E-state index in [1.165, 1.54) is 12.1 Å². The second-order valence-electron chi connectivity index (χ2n) is 11.7. The number of piperazine rings is 1. The molecule has 48 heavy (non-hydrogen) atoms. The summed E-state index contributed by atoms with van der Waals surface area (Å²) in [5.74, 6) is -12.1. The highest BCUT2D eigenvalue weighted by molar-refractivity contribution is 6.04. The van der Waals surface area contributed by atoms with E-state index in [1.54, 1.807) is 30.6 Å². The zero-order valence-electron chi connectivity index (χ0n) is 25.8. The summed E-state index contributed by atoms with van der Waals surface area (Å²) >= 11 is 0. The molecule has 4 aromatic rings. The van der Waals surface area contributed by atoms with E-state index in [0.717, 1.165) is 37.3 Å². The van der Waals surface area contributed by atoms with Gasteiger partial charge >= 0.3 is 0 Å². The molecule has 4 atom stereocenters. The average molecular weight is 670 g/mol. The molecule has 2 aliphatic heterocycles. The largest absolute Gasteiger partial charge is 0.392 e. The Morgan fingerprint density at radius 2 is 1.42 bits per heavy atom. The molecular formula is C34H32F5N5O4. The summed E-state index contributed by atoms with van der Waals surface area (Å²) in [6.07, 6.45) is 1.95. The Hall–Kier alpha value is -4.50. The van der Waals surface area contributed by atoms with Crippen LogP contribution in [0, 0.1) is 35.0 Å². The number of rotatable bonds is 8. The van der Waals surface area contributed by atoms with Crippen molar-refractivity contribution in [3.8, 4) is 0 Å². The second-order valence-corrected chi connectivity index (χ2v) is 11.7. The Morgan fingerprint density at radius 1 is 0.833 bits per heavy atom. The molecule has 0 saturated carbocycles. The molecule has 0 unspecified atom stereocenters. The SMILES string of the molecule is C[C@@H]1[C@H](CN2CCN(c3ncccn3)CC2)O[C@H](c2ccc(NC(=O)c3c(F)c(F)c(F)c(F)c3F)cc2)O[C@@H]1c1ccc(CO)cc1. The number of carbonyl (C=O) groups excluding carboxylic acids is 1. The number of benzene rings is 3. The normalized spacial score (nSPS) is 21.7. The number of aliphatic hydroxyl groups is 1. The van der Waals surface area contributed by atoms with Gasteiger partial charge in [-0.1, -0.05) is 43.3 Å². The summed E-state index contributed by atoms with van der Waals surface area (Å²) in [5, 5.41) is 11.7. The van der Waals surface area contributed by atoms with Crippen LogP contribution >= 0.6 is 0 Å². The van der Waals surface area contributed by atoms with E-state index in [4.69, 9.17) is 9.47 Å². The summed E-state index contributed by atoms with van der Waals surface area (Å²) in [6, 6.07) is 15.2. The molecule has 1 amide bonds. The number of halogens is 5. The van der Waals surface area contributed by atoms with Crippen LogP contribution in [0.2, 0.25) is 0 Å². The number of hydrogen-bond donors (Lipinski definition) is 2. The molecule has 1 aromatic heterocycles. The number of ether oxygens (including phenoxy) is 2. The summed E-state index contributed by atoms with van der Waals surface area (Å²) in [5.41, 5.74) is 0.693. The highest BCUT2D eigenvalue weighted by atomic mass is 19.2. The third kappa shape index (κ3) is 6.88. The smallest absolute Gasteiger partial charge is 0.261 e. The van der Waals surface area contributed by atoms with Crippen LogP contribution in [-0.2, 0) is 16.1 Å². The number of amides is 1. The van der Waals surface area contributed by atoms with Crippen molar-refractivity contribution in [1.29, 1.82) is 0 Å². The number of nitrogens with zero attached hydrogens (tertiary/aromatic N) is 4. The van der Waals surface area contributed by atoms with Gasteiger partial charge in [0.2, 0.25) is 11.8 Å². The Labute approximate surface area is 272 Å². The quantitative estimate of drug-likeness (QED) is 0.144. The fourth-order valence-electron chi connectivity index (χ4n) is 5.89. The first-order chi connectivity index (χ1) is 23.1. The van der Waals surface area contributed by atoms with E-state index < -0.39 is 46.8 Å². The van der Waals surface area contributed by atoms with Crippen molar-refractivity contribution in [3.63, 3.8) is 0 Å². The molecule has 2 aliphatic rings. The number of anilines is 2. The van der Waals surface area contributed by atoms with Gasteiger partial charge in [0, 0.05) is 62.3 Å². The fraction of sp³-hybridized carbons (Fsp3) is 0.324. The number of hydrogen-bond acceptors (Lipinski definition) is 8. The van der Waals surface area contributed by atoms with E-state index in [1.807, 2.05) is 24.3 Å². The molecule has 0 bridgehead atoms. The van der Waals surface area contributed by atoms with Crippen LogP contribution < -0.4 is 10.2 Å². The molecule has 0 spiro atoms. The van der Waals surface area contributed by atoms with Crippen LogP contribution in [0.5, 0.6) is 0 Å². The van der Waals surface area contributed by atoms with Crippen molar-refractivity contribution in [2.45, 2.75) is 32.0 Å². The predicted octanol–water partition coefficient (Wildman–Crippen LogP) is 5.53. The van der Waals surface area contributed by atoms with Gasteiger partial charge < -0.3 is 24.8 Å². The highest BCUT2D eigenvalue weighted by Crippen LogP contribution is 2.42. The Bertz CT molecular complexity index is 1710. The minimum atomic E-state index is -2.35. The topological polar surface area (TPSA) is 100 Å². The zero-order valence-corrected chi connectivity index (χ0v) is 25.8. The number of carbonyl (C=O) groups is 1. The molecule has 14 heteroatoms. The molecule has 3 heterocycles. The fourth-order valence-corrected chi connectivity index (χ4v) is 5.89. The van der Waals surface area contributed by atoms with Crippen molar-refractivity contribution in [3.05, 3.63) is 118 Å². The van der Waals surface area contributed by atoms with Crippen molar-refractivity contribution >= 4 is 17.5 Å². The molecule has 0 radical (unpaired) electrons. The third-order valence-corrected chi connectivity index (χ3v) is 8.65. The van der Waals surface area contributed by atoms with E-state index in [0.29, 0.717) is 18.1 Å². The van der Waals surface area contributed by atoms with Gasteiger partial charge in [-0.25, -0.2) is 31.9 Å². The molecule has 2 fully saturated rings. The first-order valence-electron chi connectivity index (χ1n) is 15.3. The maximum absolute atomic E-state index is 14.2. The summed E-state index contributed by atoms with van der Waals surface area (Å²) in [7, 11) is 0. The van der Waals surface area contributed by atoms with Gasteiger partial charge in [0.05, 0.1) is 18.8 Å². The second kappa shape index (κ2) is 14.3. The van der Waals surface area contributed by atoms with Crippen molar-refractivity contribution in [1.82, 2.24) is 14.9 Å². The van der Waals surface area contributed by atoms with Gasteiger partial charge in [0.1, 0.15) is 5.56 Å². The first-order valence-corrected chi connectivity index (χ1v) is 15.3. The maximum atomic E-state index is 14.2. The van der Waals surface area contributed by atoms with Gasteiger partial charge in [-0.15, -0.1) is 0 Å². The standard InChI is InChI=1S/C34H32F5N5O4/c1-19-24(17-43-13-15-44(16-14-43)34-40-11-2-12-41-34)47-33(48-31(19)21-5-3-20(18-45)4-6-21)22-7-9-23(10-8-22)42-32(46)25-26(35)28(37)30(39)29(38)27(25)36/h2-12,19,24,31,33,45H,13-18H2,1H3,(H,42,46)/t19-,24+,31+,33+/m1/s1. The molecule has 3 aromatic carbocycles. The third-order valence-electron chi connectivity index (χ3n) is 8.65. The lowest BCUT2D eigenvalue weighted by molar-refractivity contribution is -0.276. The van der Waals surface area contributed by atoms with Crippen LogP contribution in [0.1, 0.15) is 46.4 Å². The molecule has 6 rings (SSSR count). The zero-order chi connectivity index (χ0) is 33.9. The minimum Gasteiger partial charge on any atom is -0.392 e. The number of nitrogens with one attached hydrogen (secondary N) is 1. The molecule has 9 nitrogen and oxygen atoms in total. The van der Waals surface area contributed by atoms with E-state index in [2.05, 4.69) is 32.0 Å². The molecule has 252 valence electrons. The molecule has 2 N–H and O–H groups in total. The predicted molar refractivity (Wildman–Crippen MR) is 164 cm³/mol. The lowest BCUT2D eigenvalue weighted by Crippen LogP contribution is -2.51. The number of aliphatic hydroxyl groups excluding tert-OH is 1. The molecular weight excluding hydrogens is 637 g/mol. The van der Waals surface area contributed by atoms with Crippen molar-refractivity contribution < 1.29 is 41.3 Å². The van der Waals surface area contributed by atoms with E-state index in [-0.39, 0.29) is 30.4 Å². The van der Waals surface area contributed by atoms with Gasteiger partial charge in [-0.3, -0.25) is 9.69 Å². The van der Waals surface area contributed by atoms with E-state index in [9.17, 15) is 31.9 Å². The van der Waals surface area contributed by atoms with Crippen molar-refractivity contribution in [2.24, 2.45) is 5.92 Å². The number of aromatic nitrogens is 2. The van der Waals surface area contributed by atoms with Crippen LogP contribution in [0.4, 0.5) is 33.6 Å². The monoisotopic (exact) mass is 669 g/mol. The van der Waals surface area contributed by atoms with Crippen LogP contribution in [0.3, 0.4) is 0 Å². The lowest BCUT2D eigenvalue weighted by atomic mass is 9.90. The van der Waals surface area contributed by atoms with Crippen molar-refractivity contribution in [2.75, 3.05) is 42.9 Å². The molecule has 2 saturated heterocycles. The highest BCUT2D eigenvalue weighted by Gasteiger charge is 2.39. The maximum Gasteiger partial charge on any atom is 0.261 e. The van der Waals surface area contributed by atoms with Gasteiger partial charge in [0.15, 0.2) is 29.6 Å². The molecule has 0 aliphatic carbocycles. The summed E-state index contributed by atoms with van der Waals surface area (Å²) in [4.78, 5) is 25.7. The van der Waals surface area contributed by atoms with Gasteiger partial charge in [-0.05, 0) is 29.3 Å². The van der Waals surface area contributed by atoms with Gasteiger partial charge in [-0.2, -0.15) is 0 Å². The average Bonchev–Trinajstić information content (AvgIpc) is 3.12. The Balaban J connectivity index is 1.19. The van der Waals surface area contributed by atoms with E-state index >= 15 is 0 Å². The first kappa shape index (κ1) is 33.4.